The molecule has 5 rings (SSSR count). The number of urea groups is 1. The number of imide groups is 1. The fourth-order valence-corrected chi connectivity index (χ4v) is 6.20. The van der Waals surface area contributed by atoms with Crippen LogP contribution in [0.15, 0.2) is 41.0 Å². The molecule has 4 amide bonds. The predicted octanol–water partition coefficient (Wildman–Crippen LogP) is 4.04. The number of aryl methyl sites for hydroxylation is 1. The third kappa shape index (κ3) is 4.08. The van der Waals surface area contributed by atoms with Crippen molar-refractivity contribution in [2.45, 2.75) is 49.6 Å². The van der Waals surface area contributed by atoms with E-state index in [0.717, 1.165) is 45.6 Å². The molecule has 3 aromatic rings. The molecule has 2 aromatic heterocycles. The second kappa shape index (κ2) is 8.75. The maximum absolute atomic E-state index is 12.9. The van der Waals surface area contributed by atoms with E-state index in [1.165, 1.54) is 35.0 Å². The predicted molar refractivity (Wildman–Crippen MR) is 128 cm³/mol. The smallest absolute Gasteiger partial charge is 0.322 e. The Hall–Kier alpha value is -2.98. The van der Waals surface area contributed by atoms with Crippen molar-refractivity contribution in [2.24, 2.45) is 0 Å². The van der Waals surface area contributed by atoms with Crippen LogP contribution in [0.2, 0.25) is 0 Å². The number of aromatic nitrogens is 2. The second-order valence-electron chi connectivity index (χ2n) is 8.41. The summed E-state index contributed by atoms with van der Waals surface area (Å²) in [4.78, 5) is 47.5. The number of nitrogens with zero attached hydrogens (tertiary/aromatic N) is 3. The number of amides is 4. The van der Waals surface area contributed by atoms with Gasteiger partial charge in [-0.3, -0.25) is 15.0 Å². The summed E-state index contributed by atoms with van der Waals surface area (Å²) in [5, 5.41) is 7.27. The monoisotopic (exact) mass is 481 g/mol. The minimum absolute atomic E-state index is 0.0133. The van der Waals surface area contributed by atoms with E-state index in [2.05, 4.69) is 45.0 Å². The summed E-state index contributed by atoms with van der Waals surface area (Å²) < 4.78 is 0. The topological polar surface area (TPSA) is 104 Å². The number of benzene rings is 1. The largest absolute Gasteiger partial charge is 0.344 e. The molecule has 1 saturated heterocycles. The van der Waals surface area contributed by atoms with Crippen molar-refractivity contribution in [3.8, 4) is 11.1 Å². The van der Waals surface area contributed by atoms with E-state index < -0.39 is 17.5 Å². The molecule has 2 N–H and O–H groups in total. The number of carbonyl (C=O) groups is 3. The molecule has 0 atom stereocenters. The first-order valence-electron chi connectivity index (χ1n) is 10.9. The Morgan fingerprint density at radius 2 is 1.94 bits per heavy atom. The summed E-state index contributed by atoms with van der Waals surface area (Å²) in [5.41, 5.74) is 4.88. The number of hydrogen-bond donors (Lipinski definition) is 2. The molecule has 2 fully saturated rings. The molecule has 0 bridgehead atoms. The van der Waals surface area contributed by atoms with E-state index in [-0.39, 0.29) is 11.7 Å². The molecule has 0 unspecified atom stereocenters. The summed E-state index contributed by atoms with van der Waals surface area (Å²) in [5.74, 6) is -0.788. The molecule has 1 aromatic carbocycles. The van der Waals surface area contributed by atoms with Crippen molar-refractivity contribution in [2.75, 3.05) is 5.75 Å². The second-order valence-corrected chi connectivity index (χ2v) is 10.2. The van der Waals surface area contributed by atoms with Crippen LogP contribution in [0.4, 0.5) is 4.79 Å². The molecule has 170 valence electrons. The van der Waals surface area contributed by atoms with E-state index in [0.29, 0.717) is 17.9 Å². The highest BCUT2D eigenvalue weighted by Crippen LogP contribution is 2.38. The van der Waals surface area contributed by atoms with Crippen LogP contribution in [0.25, 0.3) is 21.3 Å². The van der Waals surface area contributed by atoms with Crippen LogP contribution in [0, 0.1) is 6.92 Å². The van der Waals surface area contributed by atoms with Crippen LogP contribution in [0.1, 0.15) is 37.7 Å². The Morgan fingerprint density at radius 3 is 2.70 bits per heavy atom. The Bertz CT molecular complexity index is 1230. The SMILES string of the molecule is Cc1ccc(-c2csc3ncnc(SCC(=O)NN4C(=O)NC5(CCCCC5)C4=O)c23)cc1. The molecular weight excluding hydrogens is 458 g/mol. The van der Waals surface area contributed by atoms with Gasteiger partial charge < -0.3 is 5.32 Å². The highest BCUT2D eigenvalue weighted by Gasteiger charge is 2.52. The van der Waals surface area contributed by atoms with Gasteiger partial charge in [-0.25, -0.2) is 14.8 Å². The molecule has 33 heavy (non-hydrogen) atoms. The highest BCUT2D eigenvalue weighted by atomic mass is 32.2. The van der Waals surface area contributed by atoms with Gasteiger partial charge in [0, 0.05) is 10.9 Å². The summed E-state index contributed by atoms with van der Waals surface area (Å²) in [6.07, 6.45) is 5.53. The van der Waals surface area contributed by atoms with Crippen molar-refractivity contribution in [3.63, 3.8) is 0 Å². The molecule has 3 heterocycles. The quantitative estimate of drug-likeness (QED) is 0.324. The Kier molecular flexibility index (Phi) is 5.79. The number of thioether (sulfide) groups is 1. The molecule has 0 radical (unpaired) electrons. The van der Waals surface area contributed by atoms with E-state index >= 15 is 0 Å². The molecule has 10 heteroatoms. The van der Waals surface area contributed by atoms with Crippen LogP contribution in [0.5, 0.6) is 0 Å². The average Bonchev–Trinajstić information content (AvgIpc) is 3.34. The number of hydrazine groups is 1. The van der Waals surface area contributed by atoms with E-state index in [1.54, 1.807) is 0 Å². The zero-order chi connectivity index (χ0) is 23.0. The number of hydrogen-bond acceptors (Lipinski definition) is 7. The lowest BCUT2D eigenvalue weighted by atomic mass is 9.82. The number of rotatable bonds is 5. The van der Waals surface area contributed by atoms with E-state index in [4.69, 9.17) is 0 Å². The van der Waals surface area contributed by atoms with E-state index in [1.807, 2.05) is 12.3 Å². The van der Waals surface area contributed by atoms with Crippen LogP contribution in [0.3, 0.4) is 0 Å². The minimum atomic E-state index is -0.867. The summed E-state index contributed by atoms with van der Waals surface area (Å²) >= 11 is 2.79. The standard InChI is InChI=1S/C23H23N5O3S2/c1-14-5-7-15(8-6-14)16-11-32-19-18(16)20(25-13-24-19)33-12-17(29)27-28-21(30)23(26-22(28)31)9-3-2-4-10-23/h5-8,11,13H,2-4,9-10,12H2,1H3,(H,26,31)(H,27,29). The maximum Gasteiger partial charge on any atom is 0.344 e. The first kappa shape index (κ1) is 21.8. The lowest BCUT2D eigenvalue weighted by Gasteiger charge is -2.30. The lowest BCUT2D eigenvalue weighted by Crippen LogP contribution is -2.51. The van der Waals surface area contributed by atoms with Crippen molar-refractivity contribution in [1.29, 1.82) is 0 Å². The third-order valence-electron chi connectivity index (χ3n) is 6.14. The number of carbonyl (C=O) groups excluding carboxylic acids is 3. The van der Waals surface area contributed by atoms with Crippen LogP contribution >= 0.6 is 23.1 Å². The van der Waals surface area contributed by atoms with E-state index in [9.17, 15) is 14.4 Å². The van der Waals surface area contributed by atoms with Crippen LogP contribution < -0.4 is 10.7 Å². The molecule has 1 saturated carbocycles. The van der Waals surface area contributed by atoms with Crippen molar-refractivity contribution < 1.29 is 14.4 Å². The Balaban J connectivity index is 1.31. The summed E-state index contributed by atoms with van der Waals surface area (Å²) in [6, 6.07) is 7.66. The highest BCUT2D eigenvalue weighted by molar-refractivity contribution is 8.00. The third-order valence-corrected chi connectivity index (χ3v) is 8.02. The van der Waals surface area contributed by atoms with Gasteiger partial charge in [0.25, 0.3) is 5.91 Å². The van der Waals surface area contributed by atoms with Gasteiger partial charge in [0.05, 0.1) is 11.1 Å². The average molecular weight is 482 g/mol. The van der Waals surface area contributed by atoms with Crippen molar-refractivity contribution >= 4 is 51.2 Å². The number of thiophene rings is 1. The zero-order valence-electron chi connectivity index (χ0n) is 18.1. The van der Waals surface area contributed by atoms with Gasteiger partial charge in [0.2, 0.25) is 5.91 Å². The van der Waals surface area contributed by atoms with Gasteiger partial charge >= 0.3 is 6.03 Å². The Labute approximate surface area is 199 Å². The fourth-order valence-electron chi connectivity index (χ4n) is 4.41. The van der Waals surface area contributed by atoms with Gasteiger partial charge in [-0.2, -0.15) is 5.01 Å². The van der Waals surface area contributed by atoms with Gasteiger partial charge in [-0.1, -0.05) is 60.9 Å². The maximum atomic E-state index is 12.9. The molecule has 2 aliphatic rings. The van der Waals surface area contributed by atoms with Gasteiger partial charge in [-0.15, -0.1) is 11.3 Å². The van der Waals surface area contributed by atoms with Crippen molar-refractivity contribution in [1.82, 2.24) is 25.7 Å². The number of nitrogens with one attached hydrogen (secondary N) is 2. The number of fused-ring (bicyclic) bond motifs is 1. The molecule has 8 nitrogen and oxygen atoms in total. The van der Waals surface area contributed by atoms with Crippen LogP contribution in [-0.2, 0) is 9.59 Å². The van der Waals surface area contributed by atoms with Crippen LogP contribution in [-0.4, -0.2) is 44.1 Å². The first-order chi connectivity index (χ1) is 16.0. The molecule has 1 aliphatic carbocycles. The van der Waals surface area contributed by atoms with Gasteiger partial charge in [0.1, 0.15) is 21.7 Å². The fraction of sp³-hybridized carbons (Fsp3) is 0.348. The summed E-state index contributed by atoms with van der Waals surface area (Å²) in [7, 11) is 0. The first-order valence-corrected chi connectivity index (χ1v) is 12.7. The minimum Gasteiger partial charge on any atom is -0.322 e. The van der Waals surface area contributed by atoms with Crippen molar-refractivity contribution in [3.05, 3.63) is 41.5 Å². The zero-order valence-corrected chi connectivity index (χ0v) is 19.7. The lowest BCUT2D eigenvalue weighted by molar-refractivity contribution is -0.139. The van der Waals surface area contributed by atoms with Gasteiger partial charge in [0.15, 0.2) is 0 Å². The van der Waals surface area contributed by atoms with Gasteiger partial charge in [-0.05, 0) is 25.3 Å². The molecular formula is C23H23N5O3S2. The Morgan fingerprint density at radius 1 is 1.18 bits per heavy atom. The molecule has 1 aliphatic heterocycles. The molecule has 1 spiro atoms. The normalized spacial score (nSPS) is 17.5. The summed E-state index contributed by atoms with van der Waals surface area (Å²) in [6.45, 7) is 2.04.